The van der Waals surface area contributed by atoms with E-state index in [0.29, 0.717) is 34.7 Å². The molecule has 0 N–H and O–H groups in total. The molecule has 10 aromatic carbocycles. The van der Waals surface area contributed by atoms with Gasteiger partial charge in [0.1, 0.15) is 0 Å². The Hall–Kier alpha value is -9.19. The summed E-state index contributed by atoms with van der Waals surface area (Å²) in [5.41, 5.74) is 15.7. The highest BCUT2D eigenvalue weighted by Crippen LogP contribution is 2.62. The summed E-state index contributed by atoms with van der Waals surface area (Å²) in [6, 6.07) is 86.7. The summed E-state index contributed by atoms with van der Waals surface area (Å²) in [5.74, 6) is 4.56. The molecule has 0 amide bonds. The molecule has 0 saturated heterocycles. The number of hydrogen-bond donors (Lipinski definition) is 0. The molecule has 5 heteroatoms. The van der Waals surface area contributed by atoms with Crippen LogP contribution < -0.4 is 9.47 Å². The molecular weight excluding hydrogens is 843 g/mol. The first kappa shape index (κ1) is 40.1. The van der Waals surface area contributed by atoms with Gasteiger partial charge in [-0.1, -0.05) is 231 Å². The van der Waals surface area contributed by atoms with Crippen molar-refractivity contribution in [3.05, 3.63) is 271 Å². The highest BCUT2D eigenvalue weighted by molar-refractivity contribution is 5.92. The minimum atomic E-state index is -0.545. The average Bonchev–Trinajstić information content (AvgIpc) is 3.75. The van der Waals surface area contributed by atoms with Crippen molar-refractivity contribution in [2.45, 2.75) is 5.41 Å². The highest BCUT2D eigenvalue weighted by atomic mass is 16.6. The highest BCUT2D eigenvalue weighted by Gasteiger charge is 2.48. The number of rotatable bonds is 8. The summed E-state index contributed by atoms with van der Waals surface area (Å²) in [4.78, 5) is 15.2. The maximum absolute atomic E-state index is 7.02. The largest absolute Gasteiger partial charge is 0.449 e. The Morgan fingerprint density at radius 3 is 1.17 bits per heavy atom. The fraction of sp³-hybridized carbons (Fsp3) is 0.0156. The van der Waals surface area contributed by atoms with Gasteiger partial charge in [0.2, 0.25) is 0 Å². The number of fused-ring (bicyclic) bond motifs is 6. The molecule has 0 fully saturated rings. The van der Waals surface area contributed by atoms with Crippen LogP contribution in [0.25, 0.3) is 78.7 Å². The Balaban J connectivity index is 0.853. The number of aromatic nitrogens is 3. The van der Waals surface area contributed by atoms with Crippen molar-refractivity contribution in [1.82, 2.24) is 15.0 Å². The van der Waals surface area contributed by atoms with Crippen molar-refractivity contribution in [1.29, 1.82) is 0 Å². The van der Waals surface area contributed by atoms with Gasteiger partial charge in [-0.2, -0.15) is 0 Å². The first-order valence-corrected chi connectivity index (χ1v) is 23.2. The van der Waals surface area contributed by atoms with E-state index in [-0.39, 0.29) is 0 Å². The zero-order valence-electron chi connectivity index (χ0n) is 37.3. The monoisotopic (exact) mass is 883 g/mol. The summed E-state index contributed by atoms with van der Waals surface area (Å²) in [6.07, 6.45) is 0. The Morgan fingerprint density at radius 1 is 0.275 bits per heavy atom. The molecule has 11 aromatic rings. The van der Waals surface area contributed by atoms with E-state index in [1.807, 2.05) is 18.2 Å². The number of nitrogens with zero attached hydrogens (tertiary/aromatic N) is 3. The van der Waals surface area contributed by atoms with Crippen LogP contribution in [0.4, 0.5) is 0 Å². The molecular formula is C64H41N3O2. The molecule has 0 saturated carbocycles. The Bertz CT molecular complexity index is 3530. The number of benzene rings is 10. The SMILES string of the molecule is c1ccc(-c2ccc(-c3nc(-c4ccc(-c5ccccc5)cc4)nc(-c4ccc(-c5ccc6c(c5)Oc5c(ccc7c5-c5ccccc5C7(c5ccccc5)c5ccccc5)O6)cc4)n3)cc2)cc1. The van der Waals surface area contributed by atoms with Gasteiger partial charge in [-0.25, -0.2) is 15.0 Å². The van der Waals surface area contributed by atoms with E-state index < -0.39 is 5.41 Å². The van der Waals surface area contributed by atoms with Gasteiger partial charge in [-0.3, -0.25) is 0 Å². The van der Waals surface area contributed by atoms with Crippen LogP contribution in [0.1, 0.15) is 22.3 Å². The number of ether oxygens (including phenoxy) is 2. The van der Waals surface area contributed by atoms with Crippen LogP contribution in [0, 0.1) is 0 Å². The minimum Gasteiger partial charge on any atom is -0.449 e. The van der Waals surface area contributed by atoms with E-state index in [1.54, 1.807) is 0 Å². The quantitative estimate of drug-likeness (QED) is 0.152. The third-order valence-electron chi connectivity index (χ3n) is 13.5. The zero-order chi connectivity index (χ0) is 45.7. The van der Waals surface area contributed by atoms with Crippen molar-refractivity contribution in [3.8, 4) is 102 Å². The van der Waals surface area contributed by atoms with E-state index in [4.69, 9.17) is 24.4 Å². The molecule has 5 nitrogen and oxygen atoms in total. The predicted octanol–water partition coefficient (Wildman–Crippen LogP) is 16.1. The molecule has 0 bridgehead atoms. The maximum atomic E-state index is 7.02. The van der Waals surface area contributed by atoms with E-state index in [2.05, 4.69) is 231 Å². The molecule has 0 spiro atoms. The van der Waals surface area contributed by atoms with Crippen LogP contribution in [0.15, 0.2) is 249 Å². The van der Waals surface area contributed by atoms with Crippen molar-refractivity contribution >= 4 is 0 Å². The molecule has 1 aliphatic carbocycles. The lowest BCUT2D eigenvalue weighted by atomic mass is 9.68. The second-order valence-corrected chi connectivity index (χ2v) is 17.5. The van der Waals surface area contributed by atoms with Gasteiger partial charge in [-0.15, -0.1) is 0 Å². The average molecular weight is 884 g/mol. The first-order valence-electron chi connectivity index (χ1n) is 23.2. The van der Waals surface area contributed by atoms with E-state index in [0.717, 1.165) is 72.5 Å². The lowest BCUT2D eigenvalue weighted by Crippen LogP contribution is -2.28. The summed E-state index contributed by atoms with van der Waals surface area (Å²) < 4.78 is 13.7. The van der Waals surface area contributed by atoms with Gasteiger partial charge >= 0.3 is 0 Å². The maximum Gasteiger partial charge on any atom is 0.178 e. The standard InChI is InChI=1S/C64H41N3O2/c1-5-15-42(16-6-1)44-25-31-47(32-26-44)61-65-62(48-33-27-45(28-34-48)43-17-7-2-8-18-43)67-63(66-61)49-35-29-46(30-36-49)50-37-39-56-58(41-50)69-60-57(68-56)40-38-55-59(60)53-23-13-14-24-54(53)64(55,51-19-9-3-10-20-51)52-21-11-4-12-22-52/h1-41H. The fourth-order valence-electron chi connectivity index (χ4n) is 10.2. The van der Waals surface area contributed by atoms with Crippen LogP contribution in [-0.4, -0.2) is 15.0 Å². The number of hydrogen-bond acceptors (Lipinski definition) is 5. The van der Waals surface area contributed by atoms with Crippen molar-refractivity contribution < 1.29 is 9.47 Å². The lowest BCUT2D eigenvalue weighted by Gasteiger charge is -2.34. The van der Waals surface area contributed by atoms with E-state index in [1.165, 1.54) is 16.7 Å². The molecule has 0 unspecified atom stereocenters. The van der Waals surface area contributed by atoms with Crippen LogP contribution in [-0.2, 0) is 5.41 Å². The first-order chi connectivity index (χ1) is 34.2. The van der Waals surface area contributed by atoms with Crippen LogP contribution in [0.3, 0.4) is 0 Å². The van der Waals surface area contributed by atoms with Gasteiger partial charge in [0, 0.05) is 22.3 Å². The van der Waals surface area contributed by atoms with Gasteiger partial charge in [-0.05, 0) is 79.4 Å². The molecule has 1 aromatic heterocycles. The Labute approximate surface area is 400 Å². The van der Waals surface area contributed by atoms with Gasteiger partial charge < -0.3 is 9.47 Å². The molecule has 0 radical (unpaired) electrons. The van der Waals surface area contributed by atoms with E-state index >= 15 is 0 Å². The normalized spacial score (nSPS) is 12.7. The molecule has 69 heavy (non-hydrogen) atoms. The second kappa shape index (κ2) is 16.6. The molecule has 2 aliphatic rings. The molecule has 1 aliphatic heterocycles. The Kier molecular flexibility index (Phi) is 9.65. The van der Waals surface area contributed by atoms with Crippen LogP contribution in [0.5, 0.6) is 23.0 Å². The van der Waals surface area contributed by atoms with Crippen LogP contribution in [0.2, 0.25) is 0 Å². The van der Waals surface area contributed by atoms with Gasteiger partial charge in [0.25, 0.3) is 0 Å². The summed E-state index contributed by atoms with van der Waals surface area (Å²) >= 11 is 0. The minimum absolute atomic E-state index is 0.545. The molecule has 13 rings (SSSR count). The summed E-state index contributed by atoms with van der Waals surface area (Å²) in [7, 11) is 0. The summed E-state index contributed by atoms with van der Waals surface area (Å²) in [5, 5.41) is 0. The van der Waals surface area contributed by atoms with Gasteiger partial charge in [0.15, 0.2) is 40.5 Å². The fourth-order valence-corrected chi connectivity index (χ4v) is 10.2. The molecule has 0 atom stereocenters. The lowest BCUT2D eigenvalue weighted by molar-refractivity contribution is 0.360. The van der Waals surface area contributed by atoms with Crippen molar-refractivity contribution in [3.63, 3.8) is 0 Å². The Morgan fingerprint density at radius 2 is 0.667 bits per heavy atom. The zero-order valence-corrected chi connectivity index (χ0v) is 37.3. The van der Waals surface area contributed by atoms with E-state index in [9.17, 15) is 0 Å². The smallest absolute Gasteiger partial charge is 0.178 e. The van der Waals surface area contributed by atoms with Gasteiger partial charge in [0.05, 0.1) is 5.41 Å². The molecule has 2 heterocycles. The molecule has 324 valence electrons. The van der Waals surface area contributed by atoms with Crippen molar-refractivity contribution in [2.24, 2.45) is 0 Å². The van der Waals surface area contributed by atoms with Crippen LogP contribution >= 0.6 is 0 Å². The topological polar surface area (TPSA) is 57.1 Å². The predicted molar refractivity (Wildman–Crippen MR) is 276 cm³/mol. The third-order valence-corrected chi connectivity index (χ3v) is 13.5. The van der Waals surface area contributed by atoms with Crippen molar-refractivity contribution in [2.75, 3.05) is 0 Å². The second-order valence-electron chi connectivity index (χ2n) is 17.5. The summed E-state index contributed by atoms with van der Waals surface area (Å²) in [6.45, 7) is 0. The third kappa shape index (κ3) is 6.90.